The Morgan fingerprint density at radius 3 is 2.55 bits per heavy atom. The second-order valence-electron chi connectivity index (χ2n) is 5.55. The van der Waals surface area contributed by atoms with E-state index in [0.717, 1.165) is 25.7 Å². The van der Waals surface area contributed by atoms with E-state index in [2.05, 4.69) is 0 Å². The number of phenolic OH excluding ortho intramolecular Hbond substituents is 1. The van der Waals surface area contributed by atoms with Gasteiger partial charge in [-0.3, -0.25) is 4.79 Å². The third-order valence-corrected chi connectivity index (χ3v) is 4.18. The molecule has 1 fully saturated rings. The molecule has 4 heteroatoms. The van der Waals surface area contributed by atoms with Gasteiger partial charge in [0.2, 0.25) is 5.91 Å². The van der Waals surface area contributed by atoms with Gasteiger partial charge < -0.3 is 15.7 Å². The van der Waals surface area contributed by atoms with Crippen LogP contribution in [0.2, 0.25) is 0 Å². The third kappa shape index (κ3) is 3.51. The van der Waals surface area contributed by atoms with Crippen LogP contribution in [-0.4, -0.2) is 34.5 Å². The third-order valence-electron chi connectivity index (χ3n) is 4.18. The molecule has 0 atom stereocenters. The van der Waals surface area contributed by atoms with Gasteiger partial charge in [-0.15, -0.1) is 0 Å². The van der Waals surface area contributed by atoms with Crippen LogP contribution >= 0.6 is 0 Å². The van der Waals surface area contributed by atoms with E-state index in [1.54, 1.807) is 18.2 Å². The lowest BCUT2D eigenvalue weighted by Crippen LogP contribution is -2.44. The summed E-state index contributed by atoms with van der Waals surface area (Å²) in [6, 6.07) is 7.63. The fourth-order valence-corrected chi connectivity index (χ4v) is 2.98. The molecule has 0 saturated heterocycles. The summed E-state index contributed by atoms with van der Waals surface area (Å²) in [6.07, 6.45) is 4.22. The number of para-hydroxylation sites is 1. The Balaban J connectivity index is 2.00. The van der Waals surface area contributed by atoms with Crippen molar-refractivity contribution in [3.63, 3.8) is 0 Å². The SMILES string of the molecule is CCN(C(=O)Cc1ccccc1O)C1CCC(N)CC1. The van der Waals surface area contributed by atoms with E-state index < -0.39 is 0 Å². The van der Waals surface area contributed by atoms with Gasteiger partial charge in [0.15, 0.2) is 0 Å². The van der Waals surface area contributed by atoms with Crippen molar-refractivity contribution in [1.82, 2.24) is 4.90 Å². The van der Waals surface area contributed by atoms with Gasteiger partial charge in [-0.1, -0.05) is 18.2 Å². The normalized spacial score (nSPS) is 22.5. The topological polar surface area (TPSA) is 66.6 Å². The molecule has 0 aromatic heterocycles. The minimum absolute atomic E-state index is 0.0921. The number of hydrogen-bond acceptors (Lipinski definition) is 3. The largest absolute Gasteiger partial charge is 0.508 e. The number of hydrogen-bond donors (Lipinski definition) is 2. The molecule has 0 heterocycles. The van der Waals surface area contributed by atoms with E-state index in [0.29, 0.717) is 24.2 Å². The molecule has 110 valence electrons. The maximum atomic E-state index is 12.5. The van der Waals surface area contributed by atoms with Gasteiger partial charge in [0.1, 0.15) is 5.75 Å². The van der Waals surface area contributed by atoms with Crippen molar-refractivity contribution in [2.24, 2.45) is 5.73 Å². The smallest absolute Gasteiger partial charge is 0.227 e. The van der Waals surface area contributed by atoms with E-state index in [1.807, 2.05) is 17.9 Å². The van der Waals surface area contributed by atoms with Crippen LogP contribution in [0.15, 0.2) is 24.3 Å². The Morgan fingerprint density at radius 2 is 1.95 bits per heavy atom. The highest BCUT2D eigenvalue weighted by Gasteiger charge is 2.26. The van der Waals surface area contributed by atoms with Gasteiger partial charge >= 0.3 is 0 Å². The van der Waals surface area contributed by atoms with Crippen molar-refractivity contribution in [2.75, 3.05) is 6.54 Å². The zero-order chi connectivity index (χ0) is 14.5. The highest BCUT2D eigenvalue weighted by molar-refractivity contribution is 5.79. The first-order valence-corrected chi connectivity index (χ1v) is 7.43. The maximum Gasteiger partial charge on any atom is 0.227 e. The van der Waals surface area contributed by atoms with Crippen LogP contribution < -0.4 is 5.73 Å². The van der Waals surface area contributed by atoms with Gasteiger partial charge in [-0.25, -0.2) is 0 Å². The first-order chi connectivity index (χ1) is 9.61. The zero-order valence-corrected chi connectivity index (χ0v) is 12.1. The Labute approximate surface area is 120 Å². The van der Waals surface area contributed by atoms with E-state index in [4.69, 9.17) is 5.73 Å². The quantitative estimate of drug-likeness (QED) is 0.884. The highest BCUT2D eigenvalue weighted by Crippen LogP contribution is 2.24. The Bertz CT molecular complexity index is 454. The van der Waals surface area contributed by atoms with Crippen LogP contribution in [0.25, 0.3) is 0 Å². The fraction of sp³-hybridized carbons (Fsp3) is 0.562. The van der Waals surface area contributed by atoms with E-state index in [-0.39, 0.29) is 18.1 Å². The number of benzene rings is 1. The molecule has 0 aliphatic heterocycles. The Kier molecular flexibility index (Phi) is 5.01. The lowest BCUT2D eigenvalue weighted by atomic mass is 9.90. The molecule has 0 spiro atoms. The standard InChI is InChI=1S/C16H24N2O2/c1-2-18(14-9-7-13(17)8-10-14)16(20)11-12-5-3-4-6-15(12)19/h3-6,13-14,19H,2,7-11,17H2,1H3. The van der Waals surface area contributed by atoms with Gasteiger partial charge in [0, 0.05) is 24.2 Å². The summed E-state index contributed by atoms with van der Waals surface area (Å²) in [5.41, 5.74) is 6.62. The number of rotatable bonds is 4. The van der Waals surface area contributed by atoms with Crippen molar-refractivity contribution in [2.45, 2.75) is 51.1 Å². The van der Waals surface area contributed by atoms with E-state index in [9.17, 15) is 9.90 Å². The van der Waals surface area contributed by atoms with Gasteiger partial charge in [0.05, 0.1) is 6.42 Å². The van der Waals surface area contributed by atoms with Crippen LogP contribution in [0, 0.1) is 0 Å². The van der Waals surface area contributed by atoms with E-state index >= 15 is 0 Å². The minimum Gasteiger partial charge on any atom is -0.508 e. The van der Waals surface area contributed by atoms with Crippen molar-refractivity contribution in [3.05, 3.63) is 29.8 Å². The summed E-state index contributed by atoms with van der Waals surface area (Å²) in [5, 5.41) is 9.77. The molecule has 1 aliphatic rings. The number of carbonyl (C=O) groups excluding carboxylic acids is 1. The van der Waals surface area contributed by atoms with Crippen molar-refractivity contribution < 1.29 is 9.90 Å². The first kappa shape index (κ1) is 14.9. The first-order valence-electron chi connectivity index (χ1n) is 7.43. The molecule has 1 saturated carbocycles. The molecule has 20 heavy (non-hydrogen) atoms. The minimum atomic E-state index is 0.0921. The summed E-state index contributed by atoms with van der Waals surface area (Å²) < 4.78 is 0. The van der Waals surface area contributed by atoms with Crippen LogP contribution in [-0.2, 0) is 11.2 Å². The second-order valence-corrected chi connectivity index (χ2v) is 5.55. The number of phenols is 1. The molecular formula is C16H24N2O2. The summed E-state index contributed by atoms with van der Waals surface area (Å²) in [6.45, 7) is 2.73. The molecule has 1 aromatic rings. The monoisotopic (exact) mass is 276 g/mol. The number of amides is 1. The molecule has 2 rings (SSSR count). The van der Waals surface area contributed by atoms with Crippen LogP contribution in [0.3, 0.4) is 0 Å². The van der Waals surface area contributed by atoms with Crippen LogP contribution in [0.4, 0.5) is 0 Å². The molecule has 3 N–H and O–H groups in total. The molecular weight excluding hydrogens is 252 g/mol. The summed E-state index contributed by atoms with van der Waals surface area (Å²) in [7, 11) is 0. The summed E-state index contributed by atoms with van der Waals surface area (Å²) in [5.74, 6) is 0.289. The predicted molar refractivity (Wildman–Crippen MR) is 79.4 cm³/mol. The van der Waals surface area contributed by atoms with Crippen LogP contribution in [0.1, 0.15) is 38.2 Å². The van der Waals surface area contributed by atoms with Crippen molar-refractivity contribution in [1.29, 1.82) is 0 Å². The molecule has 0 radical (unpaired) electrons. The number of nitrogens with two attached hydrogens (primary N) is 1. The Morgan fingerprint density at radius 1 is 1.30 bits per heavy atom. The zero-order valence-electron chi connectivity index (χ0n) is 12.1. The maximum absolute atomic E-state index is 12.5. The number of aromatic hydroxyl groups is 1. The number of likely N-dealkylation sites (N-methyl/N-ethyl adjacent to an activating group) is 1. The molecule has 0 unspecified atom stereocenters. The Hall–Kier alpha value is -1.55. The molecule has 1 aromatic carbocycles. The van der Waals surface area contributed by atoms with Gasteiger partial charge in [-0.2, -0.15) is 0 Å². The summed E-state index contributed by atoms with van der Waals surface area (Å²) >= 11 is 0. The number of carbonyl (C=O) groups is 1. The summed E-state index contributed by atoms with van der Waals surface area (Å²) in [4.78, 5) is 14.4. The van der Waals surface area contributed by atoms with Gasteiger partial charge in [0.25, 0.3) is 0 Å². The molecule has 0 bridgehead atoms. The average Bonchev–Trinajstić information content (AvgIpc) is 2.44. The molecule has 1 aliphatic carbocycles. The lowest BCUT2D eigenvalue weighted by Gasteiger charge is -2.35. The lowest BCUT2D eigenvalue weighted by molar-refractivity contribution is -0.133. The molecule has 4 nitrogen and oxygen atoms in total. The van der Waals surface area contributed by atoms with Crippen molar-refractivity contribution in [3.8, 4) is 5.75 Å². The molecule has 1 amide bonds. The van der Waals surface area contributed by atoms with Crippen molar-refractivity contribution >= 4 is 5.91 Å². The van der Waals surface area contributed by atoms with E-state index in [1.165, 1.54) is 0 Å². The predicted octanol–water partition coefficient (Wildman–Crippen LogP) is 2.05. The van der Waals surface area contributed by atoms with Gasteiger partial charge in [-0.05, 0) is 38.7 Å². The van der Waals surface area contributed by atoms with Crippen LogP contribution in [0.5, 0.6) is 5.75 Å². The highest BCUT2D eigenvalue weighted by atomic mass is 16.3. The second kappa shape index (κ2) is 6.75. The number of nitrogens with zero attached hydrogens (tertiary/aromatic N) is 1. The fourth-order valence-electron chi connectivity index (χ4n) is 2.98. The average molecular weight is 276 g/mol.